The van der Waals surface area contributed by atoms with Crippen LogP contribution in [0.1, 0.15) is 20.8 Å². The Hall–Kier alpha value is -8.77. The van der Waals surface area contributed by atoms with Gasteiger partial charge in [0.15, 0.2) is 5.82 Å². The molecule has 0 spiro atoms. The number of anilines is 4. The van der Waals surface area contributed by atoms with E-state index in [1.165, 1.54) is 126 Å². The van der Waals surface area contributed by atoms with Crippen LogP contribution in [0.2, 0.25) is 0 Å². The molecule has 462 valence electrons. The molecule has 0 aliphatic carbocycles. The number of rotatable bonds is 24. The lowest BCUT2D eigenvalue weighted by atomic mass is 10.1. The zero-order chi connectivity index (χ0) is 63.5. The van der Waals surface area contributed by atoms with E-state index >= 15 is 0 Å². The minimum Gasteiger partial charge on any atom is -0.497 e. The Morgan fingerprint density at radius 2 is 0.805 bits per heavy atom. The smallest absolute Gasteiger partial charge is 0.326 e. The van der Waals surface area contributed by atoms with Gasteiger partial charge >= 0.3 is 17.9 Å². The molecule has 8 aromatic rings. The van der Waals surface area contributed by atoms with Crippen molar-refractivity contribution >= 4 is 118 Å². The number of benzene rings is 6. The third-order valence-electron chi connectivity index (χ3n) is 12.1. The van der Waals surface area contributed by atoms with Crippen LogP contribution in [0.3, 0.4) is 0 Å². The van der Waals surface area contributed by atoms with Crippen LogP contribution in [0.25, 0.3) is 21.5 Å². The normalized spacial score (nSPS) is 11.3. The van der Waals surface area contributed by atoms with Crippen LogP contribution in [0.5, 0.6) is 23.0 Å². The monoisotopic (exact) mass is 1340 g/mol. The third kappa shape index (κ3) is 17.0. The molecule has 0 radical (unpaired) electrons. The molecule has 0 atom stereocenters. The number of nitrogens with one attached hydrogen (secondary N) is 2. The Bertz CT molecular complexity index is 3890. The van der Waals surface area contributed by atoms with E-state index in [4.69, 9.17) is 28.4 Å². The van der Waals surface area contributed by atoms with Crippen LogP contribution in [-0.2, 0) is 68.7 Å². The summed E-state index contributed by atoms with van der Waals surface area (Å²) in [5.74, 6) is -0.0620. The fourth-order valence-electron chi connectivity index (χ4n) is 7.99. The maximum Gasteiger partial charge on any atom is 0.326 e. The molecule has 24 nitrogen and oxygen atoms in total. The Balaban J connectivity index is 0.000000259. The molecule has 0 bridgehead atoms. The number of aromatic nitrogens is 2. The average molecular weight is 1340 g/mol. The summed E-state index contributed by atoms with van der Waals surface area (Å²) in [5.41, 5.74) is 0.181. The molecule has 0 unspecified atom stereocenters. The predicted molar refractivity (Wildman–Crippen MR) is 330 cm³/mol. The molecule has 0 fully saturated rings. The second kappa shape index (κ2) is 30.5. The lowest BCUT2D eigenvalue weighted by molar-refractivity contribution is -0.142. The minimum absolute atomic E-state index is 0.00834. The number of alkyl halides is 1. The number of ether oxygens (including phenoxy) is 7. The molecule has 29 heteroatoms. The van der Waals surface area contributed by atoms with E-state index in [9.17, 15) is 48.1 Å². The van der Waals surface area contributed by atoms with Gasteiger partial charge in [0, 0.05) is 21.5 Å². The zero-order valence-corrected chi connectivity index (χ0v) is 52.8. The van der Waals surface area contributed by atoms with Crippen LogP contribution < -0.4 is 37.0 Å². The number of esters is 3. The van der Waals surface area contributed by atoms with Crippen molar-refractivity contribution in [1.82, 2.24) is 9.97 Å². The van der Waals surface area contributed by atoms with Crippen molar-refractivity contribution in [3.05, 3.63) is 158 Å². The molecule has 8 rings (SSSR count). The first-order valence-corrected chi connectivity index (χ1v) is 32.9. The number of pyridine rings is 2. The highest BCUT2D eigenvalue weighted by atomic mass is 79.9. The summed E-state index contributed by atoms with van der Waals surface area (Å²) in [6.07, 6.45) is 2.41. The van der Waals surface area contributed by atoms with Crippen molar-refractivity contribution in [1.29, 1.82) is 0 Å². The van der Waals surface area contributed by atoms with Crippen LogP contribution >= 0.6 is 15.9 Å². The van der Waals surface area contributed by atoms with Crippen molar-refractivity contribution in [3.8, 4) is 23.0 Å². The van der Waals surface area contributed by atoms with Crippen molar-refractivity contribution in [2.24, 2.45) is 0 Å². The van der Waals surface area contributed by atoms with Gasteiger partial charge in [0.1, 0.15) is 47.2 Å². The van der Waals surface area contributed by atoms with Gasteiger partial charge in [0.05, 0.1) is 91.6 Å². The molecule has 87 heavy (non-hydrogen) atoms. The number of carbonyl (C=O) groups is 3. The molecule has 2 heterocycles. The molecule has 2 N–H and O–H groups in total. The average Bonchev–Trinajstić information content (AvgIpc) is 0.965. The molecule has 0 amide bonds. The van der Waals surface area contributed by atoms with Crippen LogP contribution in [-0.4, -0.2) is 128 Å². The zero-order valence-electron chi connectivity index (χ0n) is 47.9. The van der Waals surface area contributed by atoms with E-state index in [2.05, 4.69) is 40.1 Å². The summed E-state index contributed by atoms with van der Waals surface area (Å²) >= 11 is 2.94. The molecule has 0 aliphatic rings. The number of nitrogens with zero attached hydrogens (tertiary/aromatic N) is 4. The summed E-state index contributed by atoms with van der Waals surface area (Å²) in [6.45, 7) is 4.01. The van der Waals surface area contributed by atoms with Gasteiger partial charge in [-0.1, -0.05) is 64.5 Å². The fourth-order valence-corrected chi connectivity index (χ4v) is 13.0. The molecule has 6 aromatic carbocycles. The highest BCUT2D eigenvalue weighted by Crippen LogP contribution is 2.38. The lowest BCUT2D eigenvalue weighted by Gasteiger charge is -2.27. The van der Waals surface area contributed by atoms with Crippen LogP contribution in [0.15, 0.2) is 178 Å². The highest BCUT2D eigenvalue weighted by Gasteiger charge is 2.34. The number of hydrogen-bond acceptors (Lipinski definition) is 20. The summed E-state index contributed by atoms with van der Waals surface area (Å²) in [6, 6.07) is 36.1. The van der Waals surface area contributed by atoms with E-state index < -0.39 is 65.1 Å². The molecule has 2 aromatic heterocycles. The van der Waals surface area contributed by atoms with Crippen molar-refractivity contribution < 1.29 is 81.2 Å². The number of halogens is 1. The standard InChI is InChI=1S/C31H33N3O10S2.C23H21N3O6S2.C4H7BrO2/c1-5-43-29(35)20-33(45(37,38)24-15-11-22(41-3)12-16-24)28-19-32-31(27-10-8-7-9-26(27)28)34(21-30(36)44-6-2)46(39,40)25-17-13-23(42-4)14-18-25;1-31-16-7-11-18(12-8-16)33(27,28)25-22-15-24-23(21-6-4-3-5-20(21)22)26-34(29,30)19-13-9-17(32-2)10-14-19;1-2-7-4(6)3-5/h7-19H,5-6,20-21H2,1-4H3;3-15,25H,1-2H3,(H,24,26);2-3H2,1H3. The summed E-state index contributed by atoms with van der Waals surface area (Å²) < 4.78 is 149. The lowest BCUT2D eigenvalue weighted by Crippen LogP contribution is -2.38. The van der Waals surface area contributed by atoms with Gasteiger partial charge in [0.25, 0.3) is 40.1 Å². The van der Waals surface area contributed by atoms with E-state index in [0.29, 0.717) is 45.7 Å². The maximum atomic E-state index is 14.0. The van der Waals surface area contributed by atoms with Gasteiger partial charge in [-0.2, -0.15) is 0 Å². The van der Waals surface area contributed by atoms with Crippen LogP contribution in [0, 0.1) is 0 Å². The number of carbonyl (C=O) groups excluding carboxylic acids is 3. The summed E-state index contributed by atoms with van der Waals surface area (Å²) in [4.78, 5) is 43.9. The van der Waals surface area contributed by atoms with Crippen molar-refractivity contribution in [2.45, 2.75) is 40.4 Å². The van der Waals surface area contributed by atoms with Gasteiger partial charge in [-0.3, -0.25) is 28.1 Å². The Kier molecular flexibility index (Phi) is 23.6. The molecular formula is C58H61BrN6O18S4. The fraction of sp³-hybridized carbons (Fsp3) is 0.224. The van der Waals surface area contributed by atoms with Gasteiger partial charge in [0.2, 0.25) is 0 Å². The first-order chi connectivity index (χ1) is 41.5. The van der Waals surface area contributed by atoms with Crippen LogP contribution in [0.4, 0.5) is 23.0 Å². The van der Waals surface area contributed by atoms with E-state index in [0.717, 1.165) is 14.8 Å². The topological polar surface area (TPSA) is 309 Å². The van der Waals surface area contributed by atoms with Crippen molar-refractivity contribution in [3.63, 3.8) is 0 Å². The second-order valence-electron chi connectivity index (χ2n) is 17.6. The van der Waals surface area contributed by atoms with E-state index in [1.807, 2.05) is 0 Å². The number of sulfonamides is 4. The SMILES string of the molecule is CCOC(=O)CBr.CCOC(=O)CN(c1cnc(N(CC(=O)OCC)S(=O)(=O)c2ccc(OC)cc2)c2ccccc12)S(=O)(=O)c1ccc(OC)cc1.COc1ccc(S(=O)(=O)Nc2cnc(NS(=O)(=O)c3ccc(OC)cc3)c3ccccc23)cc1. The van der Waals surface area contributed by atoms with Gasteiger partial charge in [-0.25, -0.2) is 47.9 Å². The van der Waals surface area contributed by atoms with Gasteiger partial charge in [-0.05, 0) is 118 Å². The Morgan fingerprint density at radius 3 is 1.22 bits per heavy atom. The Morgan fingerprint density at radius 1 is 0.437 bits per heavy atom. The summed E-state index contributed by atoms with van der Waals surface area (Å²) in [7, 11) is -10.8. The molecule has 0 aliphatic heterocycles. The largest absolute Gasteiger partial charge is 0.497 e. The predicted octanol–water partition coefficient (Wildman–Crippen LogP) is 8.57. The molecule has 0 saturated carbocycles. The first-order valence-electron chi connectivity index (χ1n) is 26.0. The van der Waals surface area contributed by atoms with E-state index in [-0.39, 0.29) is 72.5 Å². The maximum absolute atomic E-state index is 14.0. The van der Waals surface area contributed by atoms with Gasteiger partial charge < -0.3 is 33.2 Å². The van der Waals surface area contributed by atoms with Crippen molar-refractivity contribution in [2.75, 3.05) is 84.7 Å². The second-order valence-corrected chi connectivity index (χ2v) is 25.2. The van der Waals surface area contributed by atoms with Gasteiger partial charge in [-0.15, -0.1) is 0 Å². The Labute approximate surface area is 512 Å². The first kappa shape index (κ1) is 67.4. The number of methoxy groups -OCH3 is 4. The number of hydrogen-bond donors (Lipinski definition) is 2. The van der Waals surface area contributed by atoms with E-state index in [1.54, 1.807) is 75.4 Å². The summed E-state index contributed by atoms with van der Waals surface area (Å²) in [5, 5.41) is 1.60. The molecular weight excluding hydrogens is 1280 g/mol. The quantitative estimate of drug-likeness (QED) is 0.0325. The third-order valence-corrected chi connectivity index (χ3v) is 18.9. The number of fused-ring (bicyclic) bond motifs is 2. The minimum atomic E-state index is -4.42. The highest BCUT2D eigenvalue weighted by molar-refractivity contribution is 9.09. The molecule has 0 saturated heterocycles.